The number of rotatable bonds is 5. The second-order valence-corrected chi connectivity index (χ2v) is 6.46. The summed E-state index contributed by atoms with van der Waals surface area (Å²) in [6.45, 7) is 1.24. The third-order valence-electron chi connectivity index (χ3n) is 5.03. The minimum atomic E-state index is -0.0748. The van der Waals surface area contributed by atoms with Crippen molar-refractivity contribution in [2.45, 2.75) is 76.0 Å². The Labute approximate surface area is 121 Å². The van der Waals surface area contributed by atoms with Gasteiger partial charge in [0, 0.05) is 12.7 Å². The van der Waals surface area contributed by atoms with Crippen LogP contribution in [-0.4, -0.2) is 21.9 Å². The lowest BCUT2D eigenvalue weighted by molar-refractivity contribution is -0.0463. The molecule has 0 unspecified atom stereocenters. The van der Waals surface area contributed by atoms with Crippen LogP contribution in [0.1, 0.15) is 69.5 Å². The second kappa shape index (κ2) is 6.27. The number of ether oxygens (including phenoxy) is 1. The predicted molar refractivity (Wildman–Crippen MR) is 79.4 cm³/mol. The quantitative estimate of drug-likeness (QED) is 0.899. The van der Waals surface area contributed by atoms with E-state index in [9.17, 15) is 0 Å². The van der Waals surface area contributed by atoms with Gasteiger partial charge >= 0.3 is 0 Å². The first-order valence-corrected chi connectivity index (χ1v) is 8.19. The van der Waals surface area contributed by atoms with Crippen molar-refractivity contribution in [3.05, 3.63) is 18.0 Å². The summed E-state index contributed by atoms with van der Waals surface area (Å²) in [5.74, 6) is 0. The maximum absolute atomic E-state index is 6.13. The van der Waals surface area contributed by atoms with Crippen LogP contribution in [-0.2, 0) is 11.3 Å². The smallest absolute Gasteiger partial charge is 0.0914 e. The summed E-state index contributed by atoms with van der Waals surface area (Å²) < 4.78 is 8.28. The Morgan fingerprint density at radius 1 is 1.20 bits per heavy atom. The topological polar surface area (TPSA) is 53.1 Å². The zero-order chi connectivity index (χ0) is 13.8. The number of nitrogens with two attached hydrogens (primary N) is 1. The average molecular weight is 277 g/mol. The zero-order valence-corrected chi connectivity index (χ0v) is 12.4. The molecule has 0 spiro atoms. The van der Waals surface area contributed by atoms with Gasteiger partial charge in [-0.3, -0.25) is 4.68 Å². The van der Waals surface area contributed by atoms with Gasteiger partial charge in [-0.05, 0) is 31.7 Å². The Bertz CT molecular complexity index is 417. The molecule has 2 aliphatic rings. The van der Waals surface area contributed by atoms with Gasteiger partial charge in [-0.2, -0.15) is 5.10 Å². The molecule has 0 aliphatic heterocycles. The van der Waals surface area contributed by atoms with Gasteiger partial charge in [0.1, 0.15) is 0 Å². The van der Waals surface area contributed by atoms with Crippen molar-refractivity contribution in [2.24, 2.45) is 5.73 Å². The first-order chi connectivity index (χ1) is 9.81. The van der Waals surface area contributed by atoms with Crippen LogP contribution in [0, 0.1) is 0 Å². The van der Waals surface area contributed by atoms with Crippen molar-refractivity contribution in [1.82, 2.24) is 9.78 Å². The van der Waals surface area contributed by atoms with Crippen LogP contribution in [0.15, 0.2) is 12.3 Å². The van der Waals surface area contributed by atoms with Crippen LogP contribution in [0.3, 0.4) is 0 Å². The monoisotopic (exact) mass is 277 g/mol. The molecule has 1 aromatic rings. The molecule has 0 saturated heterocycles. The van der Waals surface area contributed by atoms with Gasteiger partial charge in [-0.25, -0.2) is 0 Å². The molecule has 1 aromatic heterocycles. The van der Waals surface area contributed by atoms with Crippen molar-refractivity contribution in [3.8, 4) is 0 Å². The third-order valence-corrected chi connectivity index (χ3v) is 5.03. The maximum atomic E-state index is 6.13. The van der Waals surface area contributed by atoms with E-state index >= 15 is 0 Å². The van der Waals surface area contributed by atoms with Crippen LogP contribution in [0.2, 0.25) is 0 Å². The third kappa shape index (κ3) is 3.07. The molecule has 112 valence electrons. The molecule has 2 fully saturated rings. The lowest BCUT2D eigenvalue weighted by Crippen LogP contribution is -2.37. The summed E-state index contributed by atoms with van der Waals surface area (Å²) >= 11 is 0. The number of hydrogen-bond donors (Lipinski definition) is 1. The van der Waals surface area contributed by atoms with Crippen LogP contribution >= 0.6 is 0 Å². The second-order valence-electron chi connectivity index (χ2n) is 6.46. The Morgan fingerprint density at radius 2 is 1.95 bits per heavy atom. The highest BCUT2D eigenvalue weighted by Gasteiger charge is 2.33. The van der Waals surface area contributed by atoms with Gasteiger partial charge in [0.25, 0.3) is 0 Å². The summed E-state index contributed by atoms with van der Waals surface area (Å²) in [5.41, 5.74) is 6.88. The lowest BCUT2D eigenvalue weighted by atomic mass is 9.96. The molecule has 2 saturated carbocycles. The summed E-state index contributed by atoms with van der Waals surface area (Å²) in [7, 11) is 0. The molecule has 2 N–H and O–H groups in total. The summed E-state index contributed by atoms with van der Waals surface area (Å²) in [6, 6.07) is 2.71. The fourth-order valence-corrected chi connectivity index (χ4v) is 3.66. The van der Waals surface area contributed by atoms with E-state index < -0.39 is 0 Å². The highest BCUT2D eigenvalue weighted by molar-refractivity contribution is 4.99. The van der Waals surface area contributed by atoms with Crippen molar-refractivity contribution >= 4 is 0 Å². The van der Waals surface area contributed by atoms with E-state index in [1.54, 1.807) is 0 Å². The normalized spacial score (nSPS) is 23.2. The van der Waals surface area contributed by atoms with Gasteiger partial charge in [-0.15, -0.1) is 0 Å². The number of aromatic nitrogens is 2. The molecule has 4 nitrogen and oxygen atoms in total. The molecule has 0 aromatic carbocycles. The molecule has 20 heavy (non-hydrogen) atoms. The van der Waals surface area contributed by atoms with Gasteiger partial charge in [-0.1, -0.05) is 32.1 Å². The largest absolute Gasteiger partial charge is 0.367 e. The first kappa shape index (κ1) is 14.1. The van der Waals surface area contributed by atoms with Crippen molar-refractivity contribution < 1.29 is 4.74 Å². The van der Waals surface area contributed by atoms with Crippen LogP contribution in [0.5, 0.6) is 0 Å². The summed E-state index contributed by atoms with van der Waals surface area (Å²) in [4.78, 5) is 0. The number of nitrogens with zero attached hydrogens (tertiary/aromatic N) is 2. The van der Waals surface area contributed by atoms with E-state index in [2.05, 4.69) is 16.9 Å². The molecule has 2 aliphatic carbocycles. The molecule has 0 radical (unpaired) electrons. The van der Waals surface area contributed by atoms with Gasteiger partial charge in [0.15, 0.2) is 0 Å². The maximum Gasteiger partial charge on any atom is 0.0914 e. The molecule has 0 bridgehead atoms. The Balaban J connectivity index is 1.56. The Kier molecular flexibility index (Phi) is 4.41. The van der Waals surface area contributed by atoms with E-state index in [4.69, 9.17) is 15.6 Å². The van der Waals surface area contributed by atoms with E-state index in [-0.39, 0.29) is 5.60 Å². The highest BCUT2D eigenvalue weighted by Crippen LogP contribution is 2.33. The van der Waals surface area contributed by atoms with Crippen LogP contribution in [0.25, 0.3) is 0 Å². The Morgan fingerprint density at radius 3 is 2.65 bits per heavy atom. The highest BCUT2D eigenvalue weighted by atomic mass is 16.5. The van der Waals surface area contributed by atoms with Gasteiger partial charge < -0.3 is 10.5 Å². The fourth-order valence-electron chi connectivity index (χ4n) is 3.66. The van der Waals surface area contributed by atoms with Crippen LogP contribution in [0.4, 0.5) is 0 Å². The van der Waals surface area contributed by atoms with E-state index in [0.29, 0.717) is 19.2 Å². The molecule has 3 rings (SSSR count). The predicted octanol–water partition coefficient (Wildman–Crippen LogP) is 3.18. The minimum absolute atomic E-state index is 0.0748. The molecular formula is C16H27N3O. The number of hydrogen-bond acceptors (Lipinski definition) is 3. The molecular weight excluding hydrogens is 250 g/mol. The zero-order valence-electron chi connectivity index (χ0n) is 12.4. The lowest BCUT2D eigenvalue weighted by Gasteiger charge is -2.27. The van der Waals surface area contributed by atoms with Gasteiger partial charge in [0.2, 0.25) is 0 Å². The molecule has 0 amide bonds. The first-order valence-electron chi connectivity index (χ1n) is 8.19. The van der Waals surface area contributed by atoms with E-state index in [1.165, 1.54) is 44.9 Å². The Hall–Kier alpha value is -0.870. The molecule has 0 atom stereocenters. The standard InChI is InChI=1S/C16H27N3O/c17-13-16(9-4-5-10-16)20-12-14-8-11-19(18-14)15-6-2-1-3-7-15/h8,11,15H,1-7,9-10,12-13,17H2. The molecule has 4 heteroatoms. The SMILES string of the molecule is NCC1(OCc2ccn(C3CCCCC3)n2)CCCC1. The van der Waals surface area contributed by atoms with Crippen LogP contribution < -0.4 is 5.73 Å². The van der Waals surface area contributed by atoms with Crippen molar-refractivity contribution in [3.63, 3.8) is 0 Å². The fraction of sp³-hybridized carbons (Fsp3) is 0.812. The van der Waals surface area contributed by atoms with E-state index in [1.807, 2.05) is 0 Å². The van der Waals surface area contributed by atoms with E-state index in [0.717, 1.165) is 18.5 Å². The summed E-state index contributed by atoms with van der Waals surface area (Å²) in [5, 5.41) is 4.71. The summed E-state index contributed by atoms with van der Waals surface area (Å²) in [6.07, 6.45) is 13.4. The average Bonchev–Trinajstić information content (AvgIpc) is 3.16. The molecule has 1 heterocycles. The van der Waals surface area contributed by atoms with Crippen molar-refractivity contribution in [2.75, 3.05) is 6.54 Å². The van der Waals surface area contributed by atoms with Crippen molar-refractivity contribution in [1.29, 1.82) is 0 Å². The minimum Gasteiger partial charge on any atom is -0.367 e. The van der Waals surface area contributed by atoms with Gasteiger partial charge in [0.05, 0.1) is 23.9 Å².